The van der Waals surface area contributed by atoms with E-state index in [1.54, 1.807) is 0 Å². The highest BCUT2D eigenvalue weighted by Crippen LogP contribution is 2.36. The summed E-state index contributed by atoms with van der Waals surface area (Å²) in [6, 6.07) is 14.8. The molecule has 0 amide bonds. The molecule has 0 aliphatic carbocycles. The van der Waals surface area contributed by atoms with Crippen LogP contribution in [-0.4, -0.2) is 19.5 Å². The average Bonchev–Trinajstić information content (AvgIpc) is 3.51. The van der Waals surface area contributed by atoms with Crippen molar-refractivity contribution in [1.29, 1.82) is 0 Å². The Morgan fingerprint density at radius 1 is 0.667 bits per heavy atom. The molecule has 0 saturated heterocycles. The molecule has 54 heavy (non-hydrogen) atoms. The van der Waals surface area contributed by atoms with E-state index >= 15 is 0 Å². The van der Waals surface area contributed by atoms with Crippen LogP contribution in [0.4, 0.5) is 0 Å². The maximum Gasteiger partial charge on any atom is 0.164 e. The Hall–Kier alpha value is -6.65. The monoisotopic (exact) mass is 704 g/mol. The molecule has 268 valence electrons. The van der Waals surface area contributed by atoms with Crippen LogP contribution in [0.3, 0.4) is 0 Å². The Bertz CT molecular complexity index is 2450. The molecule has 1 aliphatic heterocycles. The van der Waals surface area contributed by atoms with E-state index in [0.717, 1.165) is 78.0 Å². The lowest BCUT2D eigenvalue weighted by molar-refractivity contribution is 0.998. The third-order valence-corrected chi connectivity index (χ3v) is 9.28. The minimum atomic E-state index is 0.555. The summed E-state index contributed by atoms with van der Waals surface area (Å²) in [6.07, 6.45) is 32.0. The lowest BCUT2D eigenvalue weighted by Crippen LogP contribution is -2.04. The molecule has 4 heteroatoms. The van der Waals surface area contributed by atoms with Gasteiger partial charge in [0.25, 0.3) is 0 Å². The summed E-state index contributed by atoms with van der Waals surface area (Å²) in [5.41, 5.74) is 12.5. The number of rotatable bonds is 10. The van der Waals surface area contributed by atoms with Crippen LogP contribution in [-0.2, 0) is 0 Å². The zero-order valence-electron chi connectivity index (χ0n) is 32.1. The lowest BCUT2D eigenvalue weighted by Gasteiger charge is -2.15. The fraction of sp³-hybridized carbons (Fsp3) is 0.100. The summed E-state index contributed by atoms with van der Waals surface area (Å²) < 4.78 is 2.27. The third kappa shape index (κ3) is 7.89. The van der Waals surface area contributed by atoms with Crippen molar-refractivity contribution < 1.29 is 0 Å². The smallest absolute Gasteiger partial charge is 0.164 e. The Morgan fingerprint density at radius 3 is 2.00 bits per heavy atom. The third-order valence-electron chi connectivity index (χ3n) is 9.28. The normalized spacial score (nSPS) is 15.6. The largest absolute Gasteiger partial charge is 0.310 e. The van der Waals surface area contributed by atoms with Crippen LogP contribution < -0.4 is 0 Å². The first kappa shape index (κ1) is 38.6. The van der Waals surface area contributed by atoms with Gasteiger partial charge in [-0.1, -0.05) is 142 Å². The Labute approximate surface area is 321 Å². The molecular weight excluding hydrogens is 657 g/mol. The highest BCUT2D eigenvalue weighted by molar-refractivity contribution is 6.00. The minimum Gasteiger partial charge on any atom is -0.310 e. The molecule has 4 nitrogen and oxygen atoms in total. The molecule has 0 radical (unpaired) electrons. The molecule has 0 N–H and O–H groups in total. The molecule has 4 aromatic rings. The fourth-order valence-corrected chi connectivity index (χ4v) is 6.44. The first-order valence-corrected chi connectivity index (χ1v) is 18.1. The molecule has 0 fully saturated rings. The van der Waals surface area contributed by atoms with Gasteiger partial charge in [-0.05, 0) is 104 Å². The van der Waals surface area contributed by atoms with Gasteiger partial charge in [-0.25, -0.2) is 15.0 Å². The molecule has 1 aliphatic rings. The Balaban J connectivity index is 1.86. The number of hydrogen-bond donors (Lipinski definition) is 0. The molecule has 0 unspecified atom stereocenters. The van der Waals surface area contributed by atoms with Crippen molar-refractivity contribution in [3.8, 4) is 11.4 Å². The van der Waals surface area contributed by atoms with Crippen molar-refractivity contribution in [1.82, 2.24) is 19.5 Å². The van der Waals surface area contributed by atoms with Crippen LogP contribution in [0.15, 0.2) is 172 Å². The Morgan fingerprint density at radius 2 is 1.35 bits per heavy atom. The topological polar surface area (TPSA) is 43.6 Å². The van der Waals surface area contributed by atoms with Gasteiger partial charge in [0, 0.05) is 27.8 Å². The van der Waals surface area contributed by atoms with Gasteiger partial charge in [-0.3, -0.25) is 0 Å². The van der Waals surface area contributed by atoms with Crippen LogP contribution in [0.5, 0.6) is 0 Å². The first-order valence-electron chi connectivity index (χ1n) is 18.1. The van der Waals surface area contributed by atoms with E-state index in [4.69, 9.17) is 15.0 Å². The van der Waals surface area contributed by atoms with Gasteiger partial charge in [-0.2, -0.15) is 0 Å². The Kier molecular flexibility index (Phi) is 12.7. The molecule has 2 aromatic heterocycles. The number of fused-ring (bicyclic) bond motifs is 6. The first-order chi connectivity index (χ1) is 26.3. The van der Waals surface area contributed by atoms with Crippen LogP contribution >= 0.6 is 0 Å². The van der Waals surface area contributed by atoms with E-state index in [1.807, 2.05) is 107 Å². The van der Waals surface area contributed by atoms with E-state index < -0.39 is 0 Å². The van der Waals surface area contributed by atoms with Gasteiger partial charge in [0.2, 0.25) is 0 Å². The summed E-state index contributed by atoms with van der Waals surface area (Å²) in [7, 11) is 0. The van der Waals surface area contributed by atoms with Crippen LogP contribution in [0.2, 0.25) is 0 Å². The standard InChI is InChI=1S/C50H48N4/c1-11-20-23-35(13-3)36(14-4)27-26-34(10)48-51-49-39(17-7)30-37(15-5)41-28-29-45-44(22-12-2)46(19-9)54(47(45)33-41)43(18-8)32-38(16-6)40-24-21-25-42(31-40)50(52-48)53-49/h11-33H,3-6,9H2,1-2,7-8,10H3/b20-11-,22-12-,34-26+,35-23+,36-27+,37-30?,38-32?,39-17+,43-18+. The number of allylic oxidation sites excluding steroid dienone is 21. The lowest BCUT2D eigenvalue weighted by atomic mass is 9.99. The predicted octanol–water partition coefficient (Wildman–Crippen LogP) is 13.5. The van der Waals surface area contributed by atoms with Crippen molar-refractivity contribution in [3.63, 3.8) is 0 Å². The van der Waals surface area contributed by atoms with E-state index in [2.05, 4.69) is 105 Å². The predicted molar refractivity (Wildman–Crippen MR) is 237 cm³/mol. The summed E-state index contributed by atoms with van der Waals surface area (Å²) in [4.78, 5) is 15.2. The van der Waals surface area contributed by atoms with Crippen molar-refractivity contribution in [3.05, 3.63) is 206 Å². The number of nitrogens with zero attached hydrogens (tertiary/aromatic N) is 4. The quantitative estimate of drug-likeness (QED) is 0.154. The minimum absolute atomic E-state index is 0.555. The molecule has 2 aromatic carbocycles. The van der Waals surface area contributed by atoms with E-state index in [0.29, 0.717) is 17.5 Å². The van der Waals surface area contributed by atoms with Crippen molar-refractivity contribution in [2.75, 3.05) is 0 Å². The summed E-state index contributed by atoms with van der Waals surface area (Å²) in [5.74, 6) is 1.68. The van der Waals surface area contributed by atoms with Gasteiger partial charge in [0.1, 0.15) is 0 Å². The summed E-state index contributed by atoms with van der Waals surface area (Å²) >= 11 is 0. The SMILES string of the molecule is C=CC1=C/C(=C\C)n2c(C=C)c(/C=C\C)c3ccc(cc32)C(C=C)=C/C(=C\C)c2nc(/C(C)=C/C=C(C=C)/C(C=C)=C/C=C\C)nc(n2)-c2cccc1c2. The highest BCUT2D eigenvalue weighted by atomic mass is 15.0. The second-order valence-electron chi connectivity index (χ2n) is 12.6. The zero-order chi connectivity index (χ0) is 38.8. The summed E-state index contributed by atoms with van der Waals surface area (Å²) in [5, 5.41) is 1.12. The van der Waals surface area contributed by atoms with Crippen molar-refractivity contribution in [2.24, 2.45) is 0 Å². The number of hydrogen-bond acceptors (Lipinski definition) is 3. The van der Waals surface area contributed by atoms with Gasteiger partial charge in [0.05, 0.1) is 11.2 Å². The van der Waals surface area contributed by atoms with Crippen molar-refractivity contribution >= 4 is 51.0 Å². The maximum atomic E-state index is 5.08. The highest BCUT2D eigenvalue weighted by Gasteiger charge is 2.19. The molecule has 6 bridgehead atoms. The maximum absolute atomic E-state index is 5.08. The second kappa shape index (κ2) is 17.7. The van der Waals surface area contributed by atoms with Gasteiger partial charge in [0.15, 0.2) is 17.5 Å². The second-order valence-corrected chi connectivity index (χ2v) is 12.6. The van der Waals surface area contributed by atoms with Crippen LogP contribution in [0.1, 0.15) is 68.7 Å². The van der Waals surface area contributed by atoms with Gasteiger partial charge >= 0.3 is 0 Å². The zero-order valence-corrected chi connectivity index (χ0v) is 32.1. The molecule has 3 heterocycles. The van der Waals surface area contributed by atoms with Gasteiger partial charge in [-0.15, -0.1) is 0 Å². The van der Waals surface area contributed by atoms with E-state index in [1.165, 1.54) is 0 Å². The van der Waals surface area contributed by atoms with E-state index in [9.17, 15) is 0 Å². The molecule has 0 spiro atoms. The van der Waals surface area contributed by atoms with Gasteiger partial charge < -0.3 is 4.57 Å². The molecule has 0 saturated carbocycles. The van der Waals surface area contributed by atoms with Crippen LogP contribution in [0.25, 0.3) is 62.4 Å². The summed E-state index contributed by atoms with van der Waals surface area (Å²) in [6.45, 7) is 30.8. The molecule has 0 atom stereocenters. The number of benzene rings is 2. The van der Waals surface area contributed by atoms with Crippen LogP contribution in [0, 0.1) is 0 Å². The molecule has 5 rings (SSSR count). The van der Waals surface area contributed by atoms with E-state index in [-0.39, 0.29) is 0 Å². The fourth-order valence-electron chi connectivity index (χ4n) is 6.44. The average molecular weight is 705 g/mol. The number of aromatic nitrogens is 4. The molecular formula is C50H48N4. The van der Waals surface area contributed by atoms with Crippen molar-refractivity contribution in [2.45, 2.75) is 34.6 Å².